The second-order valence-corrected chi connectivity index (χ2v) is 7.53. The first-order chi connectivity index (χ1) is 7.71. The van der Waals surface area contributed by atoms with Gasteiger partial charge in [-0.2, -0.15) is 0 Å². The molecule has 2 atom stereocenters. The maximum atomic E-state index is 13.5. The molecule has 1 heterocycles. The van der Waals surface area contributed by atoms with E-state index in [1.54, 1.807) is 6.92 Å². The Hall–Kier alpha value is -0.330. The highest BCUT2D eigenvalue weighted by atomic mass is 79.9. The fourth-order valence-corrected chi connectivity index (χ4v) is 2.24. The lowest BCUT2D eigenvalue weighted by molar-refractivity contribution is 0.556. The molecular formula is C11H16BrFN2OS. The highest BCUT2D eigenvalue weighted by molar-refractivity contribution is 9.10. The van der Waals surface area contributed by atoms with E-state index in [0.717, 1.165) is 0 Å². The Morgan fingerprint density at radius 2 is 2.06 bits per heavy atom. The average molecular weight is 323 g/mol. The van der Waals surface area contributed by atoms with Crippen molar-refractivity contribution < 1.29 is 8.60 Å². The van der Waals surface area contributed by atoms with Gasteiger partial charge in [0.1, 0.15) is 10.4 Å². The normalized spacial score (nSPS) is 15.6. The molecule has 1 aromatic heterocycles. The van der Waals surface area contributed by atoms with Crippen LogP contribution in [-0.2, 0) is 11.0 Å². The third-order valence-corrected chi connectivity index (χ3v) is 4.21. The standard InChI is InChI=1S/C11H16BrFN2OS/c1-7(15-17(16)11(2,3)4)10-8(13)5-6-9(12)14-10/h5-7,15H,1-4H3/t7-,17?/m0/s1. The van der Waals surface area contributed by atoms with Crippen LogP contribution in [0.4, 0.5) is 4.39 Å². The van der Waals surface area contributed by atoms with Gasteiger partial charge in [0, 0.05) is 0 Å². The fourth-order valence-electron chi connectivity index (χ4n) is 1.13. The van der Waals surface area contributed by atoms with E-state index in [1.807, 2.05) is 20.8 Å². The number of halogens is 2. The van der Waals surface area contributed by atoms with Crippen molar-refractivity contribution in [1.29, 1.82) is 0 Å². The van der Waals surface area contributed by atoms with Crippen LogP contribution < -0.4 is 4.72 Å². The predicted octanol–water partition coefficient (Wildman–Crippen LogP) is 3.10. The van der Waals surface area contributed by atoms with Gasteiger partial charge in [0.15, 0.2) is 0 Å². The van der Waals surface area contributed by atoms with Crippen molar-refractivity contribution in [3.05, 3.63) is 28.2 Å². The van der Waals surface area contributed by atoms with Crippen molar-refractivity contribution in [2.45, 2.75) is 38.5 Å². The molecule has 1 rings (SSSR count). The lowest BCUT2D eigenvalue weighted by Crippen LogP contribution is -2.35. The zero-order chi connectivity index (χ0) is 13.2. The second-order valence-electron chi connectivity index (χ2n) is 4.72. The van der Waals surface area contributed by atoms with Gasteiger partial charge >= 0.3 is 0 Å². The molecule has 6 heteroatoms. The van der Waals surface area contributed by atoms with Crippen molar-refractivity contribution in [2.24, 2.45) is 0 Å². The van der Waals surface area contributed by atoms with Crippen LogP contribution >= 0.6 is 15.9 Å². The minimum Gasteiger partial charge on any atom is -0.242 e. The molecule has 0 radical (unpaired) electrons. The first kappa shape index (κ1) is 14.7. The van der Waals surface area contributed by atoms with E-state index >= 15 is 0 Å². The summed E-state index contributed by atoms with van der Waals surface area (Å²) >= 11 is 3.19. The van der Waals surface area contributed by atoms with Gasteiger partial charge in [-0.05, 0) is 55.8 Å². The molecule has 1 unspecified atom stereocenters. The Bertz CT molecular complexity index is 434. The van der Waals surface area contributed by atoms with Crippen LogP contribution in [-0.4, -0.2) is 13.9 Å². The number of nitrogens with zero attached hydrogens (tertiary/aromatic N) is 1. The van der Waals surface area contributed by atoms with Gasteiger partial charge in [-0.15, -0.1) is 0 Å². The number of hydrogen-bond acceptors (Lipinski definition) is 2. The first-order valence-corrected chi connectivity index (χ1v) is 7.16. The average Bonchev–Trinajstić information content (AvgIpc) is 2.20. The fraction of sp³-hybridized carbons (Fsp3) is 0.545. The molecule has 1 N–H and O–H groups in total. The molecule has 0 aliphatic heterocycles. The van der Waals surface area contributed by atoms with Crippen molar-refractivity contribution in [2.75, 3.05) is 0 Å². The SMILES string of the molecule is C[C@H](NS(=O)C(C)(C)C)c1nc(Br)ccc1F. The monoisotopic (exact) mass is 322 g/mol. The van der Waals surface area contributed by atoms with Gasteiger partial charge in [0.25, 0.3) is 0 Å². The summed E-state index contributed by atoms with van der Waals surface area (Å²) in [5.41, 5.74) is 0.261. The molecule has 0 amide bonds. The molecule has 0 aliphatic carbocycles. The molecule has 3 nitrogen and oxygen atoms in total. The summed E-state index contributed by atoms with van der Waals surface area (Å²) in [6, 6.07) is 2.46. The predicted molar refractivity (Wildman–Crippen MR) is 71.3 cm³/mol. The van der Waals surface area contributed by atoms with Crippen molar-refractivity contribution in [3.8, 4) is 0 Å². The molecule has 0 saturated carbocycles. The van der Waals surface area contributed by atoms with E-state index in [1.165, 1.54) is 12.1 Å². The van der Waals surface area contributed by atoms with Crippen LogP contribution in [0.3, 0.4) is 0 Å². The largest absolute Gasteiger partial charge is 0.242 e. The number of hydrogen-bond donors (Lipinski definition) is 1. The Balaban J connectivity index is 2.87. The van der Waals surface area contributed by atoms with Gasteiger partial charge in [-0.3, -0.25) is 0 Å². The summed E-state index contributed by atoms with van der Waals surface area (Å²) in [4.78, 5) is 4.05. The van der Waals surface area contributed by atoms with E-state index in [-0.39, 0.29) is 5.69 Å². The molecule has 0 fully saturated rings. The highest BCUT2D eigenvalue weighted by Crippen LogP contribution is 2.19. The maximum absolute atomic E-state index is 13.5. The Morgan fingerprint density at radius 3 is 2.59 bits per heavy atom. The summed E-state index contributed by atoms with van der Waals surface area (Å²) < 4.78 is 28.4. The summed E-state index contributed by atoms with van der Waals surface area (Å²) in [5.74, 6) is -0.404. The van der Waals surface area contributed by atoms with E-state index in [4.69, 9.17) is 0 Å². The number of aromatic nitrogens is 1. The van der Waals surface area contributed by atoms with E-state index in [0.29, 0.717) is 4.60 Å². The van der Waals surface area contributed by atoms with Crippen LogP contribution in [0.1, 0.15) is 39.4 Å². The Labute approximate surface area is 112 Å². The summed E-state index contributed by atoms with van der Waals surface area (Å²) in [6.07, 6.45) is 0. The van der Waals surface area contributed by atoms with E-state index in [9.17, 15) is 8.60 Å². The molecule has 0 bridgehead atoms. The zero-order valence-corrected chi connectivity index (χ0v) is 12.7. The molecule has 17 heavy (non-hydrogen) atoms. The molecular weight excluding hydrogens is 307 g/mol. The van der Waals surface area contributed by atoms with E-state index < -0.39 is 27.6 Å². The molecule has 0 aliphatic rings. The van der Waals surface area contributed by atoms with Crippen LogP contribution in [0.5, 0.6) is 0 Å². The van der Waals surface area contributed by atoms with Crippen LogP contribution in [0.2, 0.25) is 0 Å². The molecule has 96 valence electrons. The lowest BCUT2D eigenvalue weighted by atomic mass is 10.2. The molecule has 1 aromatic rings. The van der Waals surface area contributed by atoms with Gasteiger partial charge < -0.3 is 0 Å². The van der Waals surface area contributed by atoms with Crippen molar-refractivity contribution in [3.63, 3.8) is 0 Å². The van der Waals surface area contributed by atoms with Gasteiger partial charge in [0.05, 0.1) is 27.5 Å². The number of rotatable bonds is 3. The summed E-state index contributed by atoms with van der Waals surface area (Å²) in [7, 11) is -1.25. The van der Waals surface area contributed by atoms with Crippen LogP contribution in [0.15, 0.2) is 16.7 Å². The quantitative estimate of drug-likeness (QED) is 0.869. The summed E-state index contributed by atoms with van der Waals surface area (Å²) in [6.45, 7) is 7.30. The zero-order valence-electron chi connectivity index (χ0n) is 10.3. The number of pyridine rings is 1. The third-order valence-electron chi connectivity index (χ3n) is 2.09. The minimum absolute atomic E-state index is 0.261. The minimum atomic E-state index is -1.25. The topological polar surface area (TPSA) is 42.0 Å². The summed E-state index contributed by atoms with van der Waals surface area (Å²) in [5, 5.41) is 0. The smallest absolute Gasteiger partial charge is 0.146 e. The van der Waals surface area contributed by atoms with Crippen LogP contribution in [0.25, 0.3) is 0 Å². The number of nitrogens with one attached hydrogen (secondary N) is 1. The molecule has 0 aromatic carbocycles. The van der Waals surface area contributed by atoms with E-state index in [2.05, 4.69) is 25.6 Å². The Morgan fingerprint density at radius 1 is 1.47 bits per heavy atom. The molecule has 0 saturated heterocycles. The van der Waals surface area contributed by atoms with Crippen molar-refractivity contribution in [1.82, 2.24) is 9.71 Å². The third kappa shape index (κ3) is 4.12. The first-order valence-electron chi connectivity index (χ1n) is 5.22. The highest BCUT2D eigenvalue weighted by Gasteiger charge is 2.23. The lowest BCUT2D eigenvalue weighted by Gasteiger charge is -2.21. The van der Waals surface area contributed by atoms with Gasteiger partial charge in [-0.1, -0.05) is 0 Å². The van der Waals surface area contributed by atoms with Gasteiger partial charge in [-0.25, -0.2) is 18.3 Å². The van der Waals surface area contributed by atoms with Gasteiger partial charge in [0.2, 0.25) is 0 Å². The molecule has 0 spiro atoms. The maximum Gasteiger partial charge on any atom is 0.146 e. The van der Waals surface area contributed by atoms with Crippen LogP contribution in [0, 0.1) is 5.82 Å². The van der Waals surface area contributed by atoms with Crippen molar-refractivity contribution >= 4 is 26.9 Å². The second kappa shape index (κ2) is 5.54. The Kier molecular flexibility index (Phi) is 4.80.